The van der Waals surface area contributed by atoms with Gasteiger partial charge in [-0.1, -0.05) is 24.0 Å². The second-order valence-electron chi connectivity index (χ2n) is 4.30. The monoisotopic (exact) mass is 274 g/mol. The zero-order chi connectivity index (χ0) is 15.0. The van der Waals surface area contributed by atoms with Crippen LogP contribution >= 0.6 is 0 Å². The first kappa shape index (κ1) is 15.7. The van der Waals surface area contributed by atoms with E-state index in [0.29, 0.717) is 11.1 Å². The molecule has 2 amide bonds. The molecule has 5 heteroatoms. The number of benzene rings is 1. The molecule has 0 aliphatic rings. The van der Waals surface area contributed by atoms with Crippen LogP contribution in [0.4, 0.5) is 0 Å². The smallest absolute Gasteiger partial charge is 0.252 e. The molecule has 0 atom stereocenters. The molecule has 0 bridgehead atoms. The fourth-order valence-corrected chi connectivity index (χ4v) is 1.53. The molecule has 20 heavy (non-hydrogen) atoms. The van der Waals surface area contributed by atoms with Gasteiger partial charge in [-0.25, -0.2) is 0 Å². The van der Waals surface area contributed by atoms with Crippen molar-refractivity contribution in [2.75, 3.05) is 27.2 Å². The average molecular weight is 274 g/mol. The number of aliphatic hydroxyl groups is 1. The van der Waals surface area contributed by atoms with Crippen LogP contribution in [0.5, 0.6) is 0 Å². The van der Waals surface area contributed by atoms with Crippen LogP contribution in [-0.4, -0.2) is 49.1 Å². The summed E-state index contributed by atoms with van der Waals surface area (Å²) >= 11 is 0. The number of nitrogens with one attached hydrogen (secondary N) is 1. The van der Waals surface area contributed by atoms with E-state index in [1.165, 1.54) is 4.90 Å². The van der Waals surface area contributed by atoms with Crippen LogP contribution < -0.4 is 5.32 Å². The maximum Gasteiger partial charge on any atom is 0.252 e. The van der Waals surface area contributed by atoms with Gasteiger partial charge in [0.1, 0.15) is 6.61 Å². The Morgan fingerprint density at radius 3 is 2.65 bits per heavy atom. The van der Waals surface area contributed by atoms with Crippen LogP contribution in [-0.2, 0) is 4.79 Å². The van der Waals surface area contributed by atoms with Gasteiger partial charge < -0.3 is 15.3 Å². The molecule has 0 aliphatic heterocycles. The Morgan fingerprint density at radius 1 is 1.30 bits per heavy atom. The van der Waals surface area contributed by atoms with Crippen molar-refractivity contribution in [1.82, 2.24) is 10.2 Å². The van der Waals surface area contributed by atoms with Gasteiger partial charge in [-0.3, -0.25) is 9.59 Å². The van der Waals surface area contributed by atoms with Crippen LogP contribution in [0.2, 0.25) is 0 Å². The number of hydrogen-bond acceptors (Lipinski definition) is 3. The zero-order valence-electron chi connectivity index (χ0n) is 11.6. The van der Waals surface area contributed by atoms with Crippen molar-refractivity contribution >= 4 is 11.8 Å². The maximum atomic E-state index is 12.0. The van der Waals surface area contributed by atoms with E-state index in [4.69, 9.17) is 5.11 Å². The standard InChI is InChI=1S/C15H18N2O3/c1-17(2)14(19)9-10-16-15(20)13-8-4-3-6-12(13)7-5-11-18/h3-4,6,8,18H,9-11H2,1-2H3,(H,16,20). The summed E-state index contributed by atoms with van der Waals surface area (Å²) in [7, 11) is 3.34. The third-order valence-electron chi connectivity index (χ3n) is 2.60. The van der Waals surface area contributed by atoms with E-state index in [-0.39, 0.29) is 31.4 Å². The topological polar surface area (TPSA) is 69.6 Å². The number of amides is 2. The average Bonchev–Trinajstić information content (AvgIpc) is 2.45. The molecule has 0 unspecified atom stereocenters. The molecule has 106 valence electrons. The summed E-state index contributed by atoms with van der Waals surface area (Å²) in [6.07, 6.45) is 0.253. The minimum absolute atomic E-state index is 0.0429. The number of nitrogens with zero attached hydrogens (tertiary/aromatic N) is 1. The molecule has 0 heterocycles. The molecule has 0 aliphatic carbocycles. The van der Waals surface area contributed by atoms with Gasteiger partial charge in [0.15, 0.2) is 0 Å². The van der Waals surface area contributed by atoms with Gasteiger partial charge in [0.25, 0.3) is 5.91 Å². The largest absolute Gasteiger partial charge is 0.384 e. The van der Waals surface area contributed by atoms with E-state index in [1.54, 1.807) is 38.4 Å². The highest BCUT2D eigenvalue weighted by atomic mass is 16.2. The molecule has 0 fully saturated rings. The van der Waals surface area contributed by atoms with Crippen LogP contribution in [0, 0.1) is 11.8 Å². The molecule has 0 aromatic heterocycles. The normalized spacial score (nSPS) is 9.35. The molecular weight excluding hydrogens is 256 g/mol. The van der Waals surface area contributed by atoms with Gasteiger partial charge in [-0.15, -0.1) is 0 Å². The first-order valence-corrected chi connectivity index (χ1v) is 6.23. The second kappa shape index (κ2) is 7.97. The molecule has 0 spiro atoms. The molecule has 1 rings (SSSR count). The third-order valence-corrected chi connectivity index (χ3v) is 2.60. The lowest BCUT2D eigenvalue weighted by Crippen LogP contribution is -2.30. The summed E-state index contributed by atoms with van der Waals surface area (Å²) in [5.41, 5.74) is 0.990. The highest BCUT2D eigenvalue weighted by Gasteiger charge is 2.10. The van der Waals surface area contributed by atoms with E-state index in [1.807, 2.05) is 0 Å². The van der Waals surface area contributed by atoms with Gasteiger partial charge in [0.05, 0.1) is 5.56 Å². The van der Waals surface area contributed by atoms with Crippen LogP contribution in [0.25, 0.3) is 0 Å². The molecule has 0 saturated carbocycles. The van der Waals surface area contributed by atoms with Gasteiger partial charge in [-0.2, -0.15) is 0 Å². The van der Waals surface area contributed by atoms with Crippen molar-refractivity contribution in [2.24, 2.45) is 0 Å². The molecule has 1 aromatic rings. The minimum atomic E-state index is -0.278. The predicted octanol–water partition coefficient (Wildman–Crippen LogP) is 0.238. The highest BCUT2D eigenvalue weighted by molar-refractivity contribution is 5.96. The minimum Gasteiger partial charge on any atom is -0.384 e. The molecular formula is C15H18N2O3. The lowest BCUT2D eigenvalue weighted by Gasteiger charge is -2.11. The Morgan fingerprint density at radius 2 is 2.00 bits per heavy atom. The van der Waals surface area contributed by atoms with Crippen LogP contribution in [0.1, 0.15) is 22.3 Å². The van der Waals surface area contributed by atoms with E-state index >= 15 is 0 Å². The lowest BCUT2D eigenvalue weighted by atomic mass is 10.1. The van der Waals surface area contributed by atoms with E-state index in [0.717, 1.165) is 0 Å². The Labute approximate surface area is 118 Å². The Kier molecular flexibility index (Phi) is 6.27. The van der Waals surface area contributed by atoms with Crippen molar-refractivity contribution in [3.8, 4) is 11.8 Å². The fraction of sp³-hybridized carbons (Fsp3) is 0.333. The lowest BCUT2D eigenvalue weighted by molar-refractivity contribution is -0.128. The van der Waals surface area contributed by atoms with Crippen LogP contribution in [0.15, 0.2) is 24.3 Å². The summed E-state index contributed by atoms with van der Waals surface area (Å²) in [5.74, 6) is 4.92. The van der Waals surface area contributed by atoms with E-state index < -0.39 is 0 Å². The fourth-order valence-electron chi connectivity index (χ4n) is 1.53. The highest BCUT2D eigenvalue weighted by Crippen LogP contribution is 2.07. The van der Waals surface area contributed by atoms with Crippen molar-refractivity contribution in [3.05, 3.63) is 35.4 Å². The summed E-state index contributed by atoms with van der Waals surface area (Å²) in [6.45, 7) is 0.0187. The number of rotatable bonds is 4. The Hall–Kier alpha value is -2.32. The van der Waals surface area contributed by atoms with Crippen molar-refractivity contribution in [2.45, 2.75) is 6.42 Å². The summed E-state index contributed by atoms with van der Waals surface area (Å²) in [6, 6.07) is 6.88. The summed E-state index contributed by atoms with van der Waals surface area (Å²) in [4.78, 5) is 24.9. The molecule has 5 nitrogen and oxygen atoms in total. The molecule has 1 aromatic carbocycles. The number of carbonyl (C=O) groups is 2. The van der Waals surface area contributed by atoms with Gasteiger partial charge in [0.2, 0.25) is 5.91 Å². The summed E-state index contributed by atoms with van der Waals surface area (Å²) in [5, 5.41) is 11.4. The zero-order valence-corrected chi connectivity index (χ0v) is 11.6. The molecule has 0 radical (unpaired) electrons. The Bertz CT molecular complexity index is 542. The first-order chi connectivity index (χ1) is 9.56. The number of hydrogen-bond donors (Lipinski definition) is 2. The van der Waals surface area contributed by atoms with Gasteiger partial charge in [-0.05, 0) is 12.1 Å². The van der Waals surface area contributed by atoms with Gasteiger partial charge in [0, 0.05) is 32.6 Å². The third kappa shape index (κ3) is 4.75. The molecule has 2 N–H and O–H groups in total. The Balaban J connectivity index is 2.66. The van der Waals surface area contributed by atoms with Crippen molar-refractivity contribution < 1.29 is 14.7 Å². The quantitative estimate of drug-likeness (QED) is 0.773. The van der Waals surface area contributed by atoms with Crippen molar-refractivity contribution in [3.63, 3.8) is 0 Å². The predicted molar refractivity (Wildman–Crippen MR) is 76.1 cm³/mol. The number of carbonyl (C=O) groups excluding carboxylic acids is 2. The first-order valence-electron chi connectivity index (χ1n) is 6.23. The van der Waals surface area contributed by atoms with Crippen molar-refractivity contribution in [1.29, 1.82) is 0 Å². The SMILES string of the molecule is CN(C)C(=O)CCNC(=O)c1ccccc1C#CCO. The number of aliphatic hydroxyl groups excluding tert-OH is 1. The summed E-state index contributed by atoms with van der Waals surface area (Å²) < 4.78 is 0. The second-order valence-corrected chi connectivity index (χ2v) is 4.30. The van der Waals surface area contributed by atoms with Crippen LogP contribution in [0.3, 0.4) is 0 Å². The van der Waals surface area contributed by atoms with E-state index in [2.05, 4.69) is 17.2 Å². The molecule has 0 saturated heterocycles. The van der Waals surface area contributed by atoms with E-state index in [9.17, 15) is 9.59 Å². The van der Waals surface area contributed by atoms with Gasteiger partial charge >= 0.3 is 0 Å². The maximum absolute atomic E-state index is 12.0.